The molecule has 158 valence electrons. The van der Waals surface area contributed by atoms with Gasteiger partial charge in [-0.1, -0.05) is 26.8 Å². The van der Waals surface area contributed by atoms with Crippen LogP contribution in [0.25, 0.3) is 10.9 Å². The summed E-state index contributed by atoms with van der Waals surface area (Å²) in [6, 6.07) is 12.3. The molecule has 2 aromatic heterocycles. The first-order valence-electron chi connectivity index (χ1n) is 10.5. The number of carbonyl (C=O) groups is 2. The second-order valence-corrected chi connectivity index (χ2v) is 10.0. The van der Waals surface area contributed by atoms with Gasteiger partial charge in [0, 0.05) is 53.8 Å². The number of thiophene rings is 1. The molecule has 30 heavy (non-hydrogen) atoms. The Labute approximate surface area is 181 Å². The topological polar surface area (TPSA) is 56.4 Å². The molecule has 1 aliphatic rings. The van der Waals surface area contributed by atoms with E-state index < -0.39 is 0 Å². The van der Waals surface area contributed by atoms with E-state index in [1.165, 1.54) is 17.0 Å². The molecule has 1 aliphatic heterocycles. The van der Waals surface area contributed by atoms with Crippen LogP contribution in [0, 0.1) is 0 Å². The number of carbonyl (C=O) groups excluding carboxylic acids is 2. The predicted octanol–water partition coefficient (Wildman–Crippen LogP) is 5.18. The van der Waals surface area contributed by atoms with Gasteiger partial charge >= 0.3 is 0 Å². The molecule has 0 radical (unpaired) electrons. The zero-order valence-corrected chi connectivity index (χ0v) is 18.9. The number of benzene rings is 1. The molecule has 4 rings (SSSR count). The highest BCUT2D eigenvalue weighted by atomic mass is 32.1. The highest BCUT2D eigenvalue weighted by molar-refractivity contribution is 7.12. The van der Waals surface area contributed by atoms with Crippen LogP contribution >= 0.6 is 11.3 Å². The summed E-state index contributed by atoms with van der Waals surface area (Å²) in [6.45, 7) is 9.56. The molecule has 6 heteroatoms. The van der Waals surface area contributed by atoms with Crippen LogP contribution in [0.15, 0.2) is 41.8 Å². The Bertz CT molecular complexity index is 1050. The molecular weight excluding hydrogens is 394 g/mol. The van der Waals surface area contributed by atoms with E-state index in [9.17, 15) is 9.59 Å². The highest BCUT2D eigenvalue weighted by Crippen LogP contribution is 2.32. The fourth-order valence-corrected chi connectivity index (χ4v) is 4.79. The smallest absolute Gasteiger partial charge is 0.268 e. The Hall–Kier alpha value is -2.60. The third kappa shape index (κ3) is 4.01. The van der Waals surface area contributed by atoms with E-state index in [0.29, 0.717) is 13.1 Å². The maximum Gasteiger partial charge on any atom is 0.268 e. The van der Waals surface area contributed by atoms with Crippen molar-refractivity contribution in [1.29, 1.82) is 0 Å². The number of H-pyrrole nitrogens is 1. The first kappa shape index (κ1) is 20.7. The number of piperidine rings is 1. The summed E-state index contributed by atoms with van der Waals surface area (Å²) >= 11 is 1.47. The van der Waals surface area contributed by atoms with Gasteiger partial charge < -0.3 is 14.8 Å². The van der Waals surface area contributed by atoms with Gasteiger partial charge in [-0.05, 0) is 48.6 Å². The number of aromatic nitrogens is 1. The fraction of sp³-hybridized carbons (Fsp3) is 0.417. The molecule has 3 heterocycles. The van der Waals surface area contributed by atoms with E-state index in [0.717, 1.165) is 34.3 Å². The van der Waals surface area contributed by atoms with Crippen LogP contribution < -0.4 is 4.90 Å². The molecule has 1 aromatic carbocycles. The van der Waals surface area contributed by atoms with Gasteiger partial charge in [-0.2, -0.15) is 0 Å². The lowest BCUT2D eigenvalue weighted by Crippen LogP contribution is -2.48. The van der Waals surface area contributed by atoms with Crippen molar-refractivity contribution in [3.05, 3.63) is 52.3 Å². The second-order valence-electron chi connectivity index (χ2n) is 9.09. The van der Waals surface area contributed by atoms with E-state index in [4.69, 9.17) is 0 Å². The molecule has 0 saturated carbocycles. The van der Waals surface area contributed by atoms with Crippen molar-refractivity contribution in [3.63, 3.8) is 0 Å². The maximum absolute atomic E-state index is 13.5. The van der Waals surface area contributed by atoms with Crippen molar-refractivity contribution < 1.29 is 9.59 Å². The number of nitrogens with zero attached hydrogens (tertiary/aromatic N) is 2. The Kier molecular flexibility index (Phi) is 5.45. The van der Waals surface area contributed by atoms with Gasteiger partial charge in [0.2, 0.25) is 5.91 Å². The van der Waals surface area contributed by atoms with Crippen LogP contribution in [0.3, 0.4) is 0 Å². The number of hydrogen-bond donors (Lipinski definition) is 1. The Morgan fingerprint density at radius 3 is 2.47 bits per heavy atom. The van der Waals surface area contributed by atoms with Gasteiger partial charge in [-0.25, -0.2) is 0 Å². The van der Waals surface area contributed by atoms with Crippen molar-refractivity contribution in [3.8, 4) is 0 Å². The number of nitrogens with one attached hydrogen (secondary N) is 1. The van der Waals surface area contributed by atoms with E-state index in [1.807, 2.05) is 33.4 Å². The summed E-state index contributed by atoms with van der Waals surface area (Å²) in [6.07, 6.45) is 1.57. The number of fused-ring (bicyclic) bond motifs is 1. The summed E-state index contributed by atoms with van der Waals surface area (Å²) in [5, 5.41) is 3.05. The fourth-order valence-electron chi connectivity index (χ4n) is 4.13. The molecule has 2 amide bonds. The monoisotopic (exact) mass is 423 g/mol. The van der Waals surface area contributed by atoms with E-state index in [2.05, 4.69) is 44.0 Å². The molecule has 0 atom stereocenters. The van der Waals surface area contributed by atoms with Crippen LogP contribution in [-0.4, -0.2) is 40.8 Å². The van der Waals surface area contributed by atoms with Gasteiger partial charge in [0.1, 0.15) is 0 Å². The first-order valence-corrected chi connectivity index (χ1v) is 11.4. The molecule has 1 saturated heterocycles. The molecule has 0 unspecified atom stereocenters. The summed E-state index contributed by atoms with van der Waals surface area (Å²) in [5.74, 6) is 0.144. The maximum atomic E-state index is 13.5. The molecule has 0 bridgehead atoms. The summed E-state index contributed by atoms with van der Waals surface area (Å²) in [4.78, 5) is 33.3. The van der Waals surface area contributed by atoms with Crippen LogP contribution in [-0.2, 0) is 10.2 Å². The molecule has 0 aliphatic carbocycles. The number of likely N-dealkylation sites (tertiary alicyclic amines) is 1. The van der Waals surface area contributed by atoms with Crippen molar-refractivity contribution in [2.75, 3.05) is 18.0 Å². The quantitative estimate of drug-likeness (QED) is 0.631. The lowest BCUT2D eigenvalue weighted by molar-refractivity contribution is -0.129. The highest BCUT2D eigenvalue weighted by Gasteiger charge is 2.31. The summed E-state index contributed by atoms with van der Waals surface area (Å²) in [5.41, 5.74) is 3.21. The van der Waals surface area contributed by atoms with Crippen molar-refractivity contribution >= 4 is 39.7 Å². The largest absolute Gasteiger partial charge is 0.358 e. The first-order chi connectivity index (χ1) is 14.2. The molecule has 1 N–H and O–H groups in total. The van der Waals surface area contributed by atoms with Gasteiger partial charge in [-0.3, -0.25) is 9.59 Å². The van der Waals surface area contributed by atoms with Crippen molar-refractivity contribution in [1.82, 2.24) is 9.88 Å². The second kappa shape index (κ2) is 7.91. The predicted molar refractivity (Wildman–Crippen MR) is 123 cm³/mol. The SMILES string of the molecule is CC(=O)N1CCC(N(C(=O)c2cccs2)c2ccc3[nH]c(C(C)(C)C)cc3c2)CC1. The summed E-state index contributed by atoms with van der Waals surface area (Å²) in [7, 11) is 0. The normalized spacial score (nSPS) is 15.5. The number of amides is 2. The number of rotatable bonds is 3. The van der Waals surface area contributed by atoms with Crippen molar-refractivity contribution in [2.24, 2.45) is 0 Å². The van der Waals surface area contributed by atoms with Crippen molar-refractivity contribution in [2.45, 2.75) is 52.0 Å². The van der Waals surface area contributed by atoms with Gasteiger partial charge in [-0.15, -0.1) is 11.3 Å². The minimum Gasteiger partial charge on any atom is -0.358 e. The molecule has 3 aromatic rings. The lowest BCUT2D eigenvalue weighted by Gasteiger charge is -2.38. The molecule has 1 fully saturated rings. The zero-order chi connectivity index (χ0) is 21.5. The minimum atomic E-state index is 0.0329. The zero-order valence-electron chi connectivity index (χ0n) is 18.1. The molecular formula is C24H29N3O2S. The average Bonchev–Trinajstić information content (AvgIpc) is 3.38. The average molecular weight is 424 g/mol. The van der Waals surface area contributed by atoms with E-state index in [-0.39, 0.29) is 23.3 Å². The standard InChI is InChI=1S/C24H29N3O2S/c1-16(28)26-11-9-18(10-12-26)27(23(29)21-6-5-13-30-21)19-7-8-20-17(14-19)15-22(25-20)24(2,3)4/h5-8,13-15,18,25H,9-12H2,1-4H3. The van der Waals surface area contributed by atoms with E-state index >= 15 is 0 Å². The Morgan fingerprint density at radius 1 is 1.13 bits per heavy atom. The van der Waals surface area contributed by atoms with Gasteiger partial charge in [0.25, 0.3) is 5.91 Å². The third-order valence-corrected chi connectivity index (χ3v) is 6.77. The minimum absolute atomic E-state index is 0.0329. The third-order valence-electron chi connectivity index (χ3n) is 5.92. The van der Waals surface area contributed by atoms with Crippen LogP contribution in [0.4, 0.5) is 5.69 Å². The lowest BCUT2D eigenvalue weighted by atomic mass is 9.92. The Morgan fingerprint density at radius 2 is 1.87 bits per heavy atom. The van der Waals surface area contributed by atoms with Crippen LogP contribution in [0.5, 0.6) is 0 Å². The van der Waals surface area contributed by atoms with Crippen LogP contribution in [0.2, 0.25) is 0 Å². The molecule has 0 spiro atoms. The number of anilines is 1. The Balaban J connectivity index is 1.70. The van der Waals surface area contributed by atoms with Gasteiger partial charge in [0.05, 0.1) is 4.88 Å². The number of aromatic amines is 1. The van der Waals surface area contributed by atoms with E-state index in [1.54, 1.807) is 6.92 Å². The van der Waals surface area contributed by atoms with Crippen LogP contribution in [0.1, 0.15) is 55.9 Å². The summed E-state index contributed by atoms with van der Waals surface area (Å²) < 4.78 is 0. The molecule has 5 nitrogen and oxygen atoms in total. The van der Waals surface area contributed by atoms with Gasteiger partial charge in [0.15, 0.2) is 0 Å². The number of hydrogen-bond acceptors (Lipinski definition) is 3.